The van der Waals surface area contributed by atoms with Crippen LogP contribution in [-0.4, -0.2) is 36.5 Å². The molecule has 6 heteroatoms. The minimum atomic E-state index is -3.60. The fourth-order valence-corrected chi connectivity index (χ4v) is 8.26. The van der Waals surface area contributed by atoms with Gasteiger partial charge in [0.25, 0.3) is 5.91 Å². The van der Waals surface area contributed by atoms with Gasteiger partial charge in [-0.1, -0.05) is 39.0 Å². The van der Waals surface area contributed by atoms with E-state index in [9.17, 15) is 13.2 Å². The van der Waals surface area contributed by atoms with Crippen molar-refractivity contribution in [3.05, 3.63) is 30.3 Å². The fraction of sp³-hybridized carbons (Fsp3) is 0.650. The van der Waals surface area contributed by atoms with Gasteiger partial charge in [0, 0.05) is 5.41 Å². The zero-order chi connectivity index (χ0) is 18.7. The summed E-state index contributed by atoms with van der Waals surface area (Å²) >= 11 is 0. The molecule has 2 bridgehead atoms. The highest BCUT2D eigenvalue weighted by Crippen LogP contribution is 2.70. The Morgan fingerprint density at radius 1 is 1.31 bits per heavy atom. The SMILES string of the molecule is CC[C@H](Oc1ccccc1)C(=O)N1[C@@H]2C[C@H]3CC[C@]2(CS1(=O)=O)C3(C)C. The number of ether oxygens (including phenoxy) is 1. The van der Waals surface area contributed by atoms with E-state index in [0.717, 1.165) is 19.3 Å². The van der Waals surface area contributed by atoms with E-state index in [0.29, 0.717) is 18.1 Å². The van der Waals surface area contributed by atoms with E-state index in [4.69, 9.17) is 4.74 Å². The van der Waals surface area contributed by atoms with Crippen molar-refractivity contribution < 1.29 is 17.9 Å². The molecule has 1 heterocycles. The van der Waals surface area contributed by atoms with Crippen LogP contribution in [0.2, 0.25) is 0 Å². The Hall–Kier alpha value is -1.56. The number of para-hydroxylation sites is 1. The van der Waals surface area contributed by atoms with Crippen LogP contribution in [0.4, 0.5) is 0 Å². The van der Waals surface area contributed by atoms with Gasteiger partial charge in [0.2, 0.25) is 10.0 Å². The predicted molar refractivity (Wildman–Crippen MR) is 99.1 cm³/mol. The molecule has 0 radical (unpaired) electrons. The molecule has 0 unspecified atom stereocenters. The molecule has 1 spiro atoms. The third-order valence-electron chi connectivity index (χ3n) is 7.30. The topological polar surface area (TPSA) is 63.7 Å². The molecule has 3 aliphatic rings. The maximum Gasteiger partial charge on any atom is 0.277 e. The van der Waals surface area contributed by atoms with Gasteiger partial charge in [-0.2, -0.15) is 0 Å². The molecule has 0 N–H and O–H groups in total. The van der Waals surface area contributed by atoms with Gasteiger partial charge in [-0.25, -0.2) is 12.7 Å². The molecule has 3 fully saturated rings. The zero-order valence-electron chi connectivity index (χ0n) is 15.6. The lowest BCUT2D eigenvalue weighted by Crippen LogP contribution is -2.49. The number of carbonyl (C=O) groups is 1. The van der Waals surface area contributed by atoms with E-state index in [1.165, 1.54) is 4.31 Å². The molecule has 1 aromatic carbocycles. The Morgan fingerprint density at radius 3 is 2.62 bits per heavy atom. The maximum absolute atomic E-state index is 13.2. The number of nitrogens with zero attached hydrogens (tertiary/aromatic N) is 1. The summed E-state index contributed by atoms with van der Waals surface area (Å²) in [6.45, 7) is 6.23. The summed E-state index contributed by atoms with van der Waals surface area (Å²) in [5, 5.41) is 0. The van der Waals surface area contributed by atoms with Crippen LogP contribution < -0.4 is 4.74 Å². The average molecular weight is 378 g/mol. The van der Waals surface area contributed by atoms with Crippen LogP contribution in [0, 0.1) is 16.7 Å². The summed E-state index contributed by atoms with van der Waals surface area (Å²) in [6.07, 6.45) is 2.42. The normalized spacial score (nSPS) is 34.5. The Balaban J connectivity index is 1.65. The van der Waals surface area contributed by atoms with Gasteiger partial charge >= 0.3 is 0 Å². The number of rotatable bonds is 4. The number of carbonyl (C=O) groups excluding carboxylic acids is 1. The Kier molecular flexibility index (Phi) is 3.92. The van der Waals surface area contributed by atoms with Crippen LogP contribution in [0.3, 0.4) is 0 Å². The van der Waals surface area contributed by atoms with Crippen LogP contribution in [-0.2, 0) is 14.8 Å². The molecular formula is C20H27NO4S. The van der Waals surface area contributed by atoms with Crippen molar-refractivity contribution in [2.45, 2.75) is 58.6 Å². The standard InChI is InChI=1S/C20H27NO4S/c1-4-16(25-15-8-6-5-7-9-15)18(22)21-17-12-14-10-11-20(17,19(14,2)3)13-26(21,23)24/h5-9,14,16-17H,4,10-13H2,1-3H3/t14-,16+,17-,20-/m1/s1. The summed E-state index contributed by atoms with van der Waals surface area (Å²) < 4.78 is 33.1. The van der Waals surface area contributed by atoms with Crippen molar-refractivity contribution in [3.63, 3.8) is 0 Å². The monoisotopic (exact) mass is 377 g/mol. The van der Waals surface area contributed by atoms with Crippen molar-refractivity contribution in [2.24, 2.45) is 16.7 Å². The lowest BCUT2D eigenvalue weighted by atomic mass is 9.69. The van der Waals surface area contributed by atoms with Gasteiger partial charge in [0.1, 0.15) is 5.75 Å². The number of amides is 1. The molecule has 2 saturated carbocycles. The molecule has 4 rings (SSSR count). The highest BCUT2D eigenvalue weighted by atomic mass is 32.2. The van der Waals surface area contributed by atoms with Crippen LogP contribution in [0.1, 0.15) is 46.5 Å². The Bertz CT molecular complexity index is 819. The van der Waals surface area contributed by atoms with Crippen LogP contribution in [0.15, 0.2) is 30.3 Å². The minimum absolute atomic E-state index is 0.0399. The third kappa shape index (κ3) is 2.27. The van der Waals surface area contributed by atoms with Gasteiger partial charge in [-0.15, -0.1) is 0 Å². The summed E-state index contributed by atoms with van der Waals surface area (Å²) in [7, 11) is -3.60. The third-order valence-corrected chi connectivity index (χ3v) is 9.21. The first-order valence-corrected chi connectivity index (χ1v) is 11.1. The van der Waals surface area contributed by atoms with Crippen LogP contribution in [0.25, 0.3) is 0 Å². The number of sulfonamides is 1. The largest absolute Gasteiger partial charge is 0.481 e. The summed E-state index contributed by atoms with van der Waals surface area (Å²) in [6, 6.07) is 8.93. The summed E-state index contributed by atoms with van der Waals surface area (Å²) in [5.74, 6) is 0.782. The predicted octanol–water partition coefficient (Wildman–Crippen LogP) is 3.21. The average Bonchev–Trinajstić information content (AvgIpc) is 3.07. The highest BCUT2D eigenvalue weighted by Gasteiger charge is 2.72. The second kappa shape index (κ2) is 5.72. The van der Waals surface area contributed by atoms with E-state index in [1.54, 1.807) is 12.1 Å². The molecule has 1 saturated heterocycles. The second-order valence-electron chi connectivity index (χ2n) is 8.58. The van der Waals surface area contributed by atoms with Crippen molar-refractivity contribution in [1.82, 2.24) is 4.31 Å². The summed E-state index contributed by atoms with van der Waals surface area (Å²) in [4.78, 5) is 13.2. The van der Waals surface area contributed by atoms with Gasteiger partial charge in [-0.05, 0) is 49.1 Å². The number of hydrogen-bond acceptors (Lipinski definition) is 4. The Morgan fingerprint density at radius 2 is 2.00 bits per heavy atom. The van der Waals surface area contributed by atoms with Gasteiger partial charge in [-0.3, -0.25) is 4.79 Å². The molecule has 0 aromatic heterocycles. The number of hydrogen-bond donors (Lipinski definition) is 0. The minimum Gasteiger partial charge on any atom is -0.481 e. The van der Waals surface area contributed by atoms with Crippen molar-refractivity contribution in [2.75, 3.05) is 5.75 Å². The van der Waals surface area contributed by atoms with E-state index >= 15 is 0 Å². The molecule has 4 atom stereocenters. The van der Waals surface area contributed by atoms with Gasteiger partial charge in [0.05, 0.1) is 11.8 Å². The van der Waals surface area contributed by atoms with Crippen LogP contribution in [0.5, 0.6) is 5.75 Å². The van der Waals surface area contributed by atoms with E-state index in [1.807, 2.05) is 25.1 Å². The van der Waals surface area contributed by atoms with Gasteiger partial charge in [0.15, 0.2) is 6.10 Å². The molecular weight excluding hydrogens is 350 g/mol. The molecule has 1 aliphatic heterocycles. The lowest BCUT2D eigenvalue weighted by molar-refractivity contribution is -0.136. The summed E-state index contributed by atoms with van der Waals surface area (Å²) in [5.41, 5.74) is -0.334. The van der Waals surface area contributed by atoms with Crippen LogP contribution >= 0.6 is 0 Å². The zero-order valence-corrected chi connectivity index (χ0v) is 16.5. The molecule has 26 heavy (non-hydrogen) atoms. The van der Waals surface area contributed by atoms with Crippen molar-refractivity contribution in [3.8, 4) is 5.75 Å². The molecule has 2 aliphatic carbocycles. The molecule has 5 nitrogen and oxygen atoms in total. The highest BCUT2D eigenvalue weighted by molar-refractivity contribution is 7.90. The second-order valence-corrected chi connectivity index (χ2v) is 10.4. The molecule has 1 amide bonds. The lowest BCUT2D eigenvalue weighted by Gasteiger charge is -2.37. The Labute approximate surface area is 155 Å². The first-order chi connectivity index (χ1) is 12.2. The number of benzene rings is 1. The van der Waals surface area contributed by atoms with E-state index < -0.39 is 22.0 Å². The van der Waals surface area contributed by atoms with E-state index in [2.05, 4.69) is 13.8 Å². The number of fused-ring (bicyclic) bond motifs is 1. The van der Waals surface area contributed by atoms with Gasteiger partial charge < -0.3 is 4.74 Å². The molecule has 142 valence electrons. The van der Waals surface area contributed by atoms with Crippen molar-refractivity contribution >= 4 is 15.9 Å². The fourth-order valence-electron chi connectivity index (χ4n) is 5.69. The smallest absolute Gasteiger partial charge is 0.277 e. The van der Waals surface area contributed by atoms with Crippen molar-refractivity contribution in [1.29, 1.82) is 0 Å². The maximum atomic E-state index is 13.2. The first-order valence-electron chi connectivity index (χ1n) is 9.50. The quantitative estimate of drug-likeness (QED) is 0.808. The molecule has 1 aromatic rings. The first kappa shape index (κ1) is 17.8. The van der Waals surface area contributed by atoms with E-state index in [-0.39, 0.29) is 22.6 Å².